The number of carbonyl (C=O) groups excluding carboxylic acids is 4. The van der Waals surface area contributed by atoms with Crippen LogP contribution in [-0.2, 0) is 40.4 Å². The molecule has 0 spiro atoms. The number of amides is 3. The average Bonchev–Trinajstić information content (AvgIpc) is 4.00. The molecule has 52 heavy (non-hydrogen) atoms. The van der Waals surface area contributed by atoms with Crippen LogP contribution in [-0.4, -0.2) is 82.6 Å². The van der Waals surface area contributed by atoms with E-state index in [0.717, 1.165) is 50.5 Å². The van der Waals surface area contributed by atoms with E-state index in [0.29, 0.717) is 49.2 Å². The van der Waals surface area contributed by atoms with Crippen LogP contribution in [0.4, 0.5) is 0 Å². The van der Waals surface area contributed by atoms with Crippen LogP contribution >= 0.6 is 0 Å². The van der Waals surface area contributed by atoms with Crippen molar-refractivity contribution < 1.29 is 37.1 Å². The summed E-state index contributed by atoms with van der Waals surface area (Å²) in [6.07, 6.45) is 12.1. The van der Waals surface area contributed by atoms with E-state index in [9.17, 15) is 27.6 Å². The maximum absolute atomic E-state index is 14.5. The van der Waals surface area contributed by atoms with Gasteiger partial charge in [0.15, 0.2) is 0 Å². The van der Waals surface area contributed by atoms with Gasteiger partial charge in [0.25, 0.3) is 5.91 Å². The third kappa shape index (κ3) is 7.96. The van der Waals surface area contributed by atoms with Gasteiger partial charge >= 0.3 is 5.97 Å². The Morgan fingerprint density at radius 3 is 2.44 bits per heavy atom. The van der Waals surface area contributed by atoms with Crippen LogP contribution in [0.3, 0.4) is 0 Å². The normalized spacial score (nSPS) is 29.3. The molecule has 0 unspecified atom stereocenters. The number of fused-ring (bicyclic) bond motifs is 3. The summed E-state index contributed by atoms with van der Waals surface area (Å²) in [5, 5.41) is 2.30. The summed E-state index contributed by atoms with van der Waals surface area (Å²) in [4.78, 5) is 66.7. The van der Waals surface area contributed by atoms with Gasteiger partial charge in [-0.2, -0.15) is 0 Å². The van der Waals surface area contributed by atoms with Gasteiger partial charge in [-0.1, -0.05) is 44.1 Å². The van der Waals surface area contributed by atoms with E-state index in [1.54, 1.807) is 0 Å². The molecular formula is C38H49N5O8S. The van der Waals surface area contributed by atoms with Gasteiger partial charge < -0.3 is 19.7 Å². The van der Waals surface area contributed by atoms with E-state index in [1.165, 1.54) is 4.90 Å². The van der Waals surface area contributed by atoms with Crippen molar-refractivity contribution in [1.29, 1.82) is 0 Å². The Morgan fingerprint density at radius 1 is 0.981 bits per heavy atom. The molecule has 1 aromatic carbocycles. The second-order valence-electron chi connectivity index (χ2n) is 15.1. The number of rotatable bonds is 9. The lowest BCUT2D eigenvalue weighted by Crippen LogP contribution is -2.57. The third-order valence-electron chi connectivity index (χ3n) is 11.2. The van der Waals surface area contributed by atoms with Crippen molar-refractivity contribution in [1.82, 2.24) is 24.9 Å². The molecule has 280 valence electrons. The lowest BCUT2D eigenvalue weighted by molar-refractivity contribution is -0.154. The zero-order chi connectivity index (χ0) is 36.5. The van der Waals surface area contributed by atoms with Crippen LogP contribution in [0, 0.1) is 11.8 Å². The molecule has 13 nitrogen and oxygen atoms in total. The fourth-order valence-corrected chi connectivity index (χ4v) is 9.29. The Kier molecular flexibility index (Phi) is 10.6. The quantitative estimate of drug-likeness (QED) is 0.283. The molecule has 5 atom stereocenters. The van der Waals surface area contributed by atoms with E-state index in [-0.39, 0.29) is 37.8 Å². The molecule has 1 aromatic heterocycles. The highest BCUT2D eigenvalue weighted by atomic mass is 32.2. The van der Waals surface area contributed by atoms with Gasteiger partial charge in [0.2, 0.25) is 27.7 Å². The summed E-state index contributed by atoms with van der Waals surface area (Å²) in [6.45, 7) is 2.01. The Balaban J connectivity index is 1.17. The standard InChI is InChI=1S/C38H49N5O8S/c1-2-29-35(40-31-17-11-10-16-30(31)39-29)51-27-21-32-34(45)41-38(37(47)42-52(48,49)28-18-19-28)22-25(38)13-7-5-3-4-6-12-24(36(46)43(32)23-27)20-33(44)50-26-14-8-9-15-26/h7,10-11,13,16-17,24-28,32H,2-6,8-9,12,14-15,18-23H2,1H3,(H,41,45)(H,42,47)/b13-7-/t24-,25-,27-,32+,38-/m1/s1. The highest BCUT2D eigenvalue weighted by molar-refractivity contribution is 7.91. The maximum atomic E-state index is 14.5. The number of carbonyl (C=O) groups is 4. The first-order valence-corrected chi connectivity index (χ1v) is 20.6. The first kappa shape index (κ1) is 36.3. The SMILES string of the molecule is CCc1nc2ccccc2nc1O[C@@H]1C[C@H]2C(=O)N[C@]3(C(=O)NS(=O)(=O)C4CC4)C[C@H]3/C=C\CCCCC[C@H](CC(=O)OC3CCCC3)C(=O)N2C1. The van der Waals surface area contributed by atoms with E-state index in [4.69, 9.17) is 19.4 Å². The number of hydrogen-bond acceptors (Lipinski definition) is 10. The predicted molar refractivity (Wildman–Crippen MR) is 191 cm³/mol. The summed E-state index contributed by atoms with van der Waals surface area (Å²) in [5.41, 5.74) is 0.561. The van der Waals surface area contributed by atoms with Crippen LogP contribution in [0.2, 0.25) is 0 Å². The molecule has 0 bridgehead atoms. The van der Waals surface area contributed by atoms with Crippen LogP contribution < -0.4 is 14.8 Å². The third-order valence-corrected chi connectivity index (χ3v) is 13.0. The maximum Gasteiger partial charge on any atom is 0.306 e. The number of benzene rings is 1. The van der Waals surface area contributed by atoms with Crippen LogP contribution in [0.25, 0.3) is 11.0 Å². The van der Waals surface area contributed by atoms with Gasteiger partial charge in [0, 0.05) is 18.3 Å². The van der Waals surface area contributed by atoms with Crippen molar-refractivity contribution in [2.45, 2.75) is 132 Å². The van der Waals surface area contributed by atoms with Crippen LogP contribution in [0.1, 0.15) is 103 Å². The molecular weight excluding hydrogens is 687 g/mol. The summed E-state index contributed by atoms with van der Waals surface area (Å²) >= 11 is 0. The second kappa shape index (κ2) is 15.1. The molecule has 1 saturated heterocycles. The number of aromatic nitrogens is 2. The van der Waals surface area contributed by atoms with Gasteiger partial charge in [-0.25, -0.2) is 18.4 Å². The number of esters is 1. The van der Waals surface area contributed by atoms with Crippen molar-refractivity contribution in [3.05, 3.63) is 42.1 Å². The first-order chi connectivity index (χ1) is 25.1. The van der Waals surface area contributed by atoms with E-state index in [2.05, 4.69) is 10.0 Å². The molecule has 2 aliphatic heterocycles. The zero-order valence-corrected chi connectivity index (χ0v) is 30.6. The highest BCUT2D eigenvalue weighted by Gasteiger charge is 2.62. The van der Waals surface area contributed by atoms with Crippen molar-refractivity contribution in [3.63, 3.8) is 0 Å². The Morgan fingerprint density at radius 2 is 1.71 bits per heavy atom. The number of ether oxygens (including phenoxy) is 2. The lowest BCUT2D eigenvalue weighted by atomic mass is 9.95. The predicted octanol–water partition coefficient (Wildman–Crippen LogP) is 4.04. The molecule has 4 fully saturated rings. The lowest BCUT2D eigenvalue weighted by Gasteiger charge is -2.29. The Bertz CT molecular complexity index is 1840. The van der Waals surface area contributed by atoms with Gasteiger partial charge in [0.1, 0.15) is 29.5 Å². The van der Waals surface area contributed by atoms with Gasteiger partial charge in [-0.05, 0) is 82.8 Å². The van der Waals surface area contributed by atoms with Crippen molar-refractivity contribution in [2.75, 3.05) is 6.54 Å². The molecule has 3 heterocycles. The Labute approximate surface area is 304 Å². The fraction of sp³-hybridized carbons (Fsp3) is 0.632. The minimum Gasteiger partial charge on any atom is -0.471 e. The molecule has 3 aliphatic carbocycles. The minimum atomic E-state index is -3.87. The molecule has 0 radical (unpaired) electrons. The highest BCUT2D eigenvalue weighted by Crippen LogP contribution is 2.46. The minimum absolute atomic E-state index is 0.0569. The smallest absolute Gasteiger partial charge is 0.306 e. The van der Waals surface area contributed by atoms with Gasteiger partial charge in [-0.3, -0.25) is 23.9 Å². The van der Waals surface area contributed by atoms with Crippen molar-refractivity contribution in [2.24, 2.45) is 11.8 Å². The number of nitrogens with one attached hydrogen (secondary N) is 2. The van der Waals surface area contributed by atoms with E-state index in [1.807, 2.05) is 43.3 Å². The molecule has 2 aromatic rings. The Hall–Kier alpha value is -4.07. The average molecular weight is 736 g/mol. The number of nitrogens with zero attached hydrogens (tertiary/aromatic N) is 3. The van der Waals surface area contributed by atoms with E-state index < -0.39 is 62.6 Å². The molecule has 14 heteroatoms. The molecule has 2 N–H and O–H groups in total. The summed E-state index contributed by atoms with van der Waals surface area (Å²) in [5.74, 6) is -2.86. The summed E-state index contributed by atoms with van der Waals surface area (Å²) in [6, 6.07) is 6.43. The number of para-hydroxylation sites is 2. The van der Waals surface area contributed by atoms with Crippen molar-refractivity contribution >= 4 is 44.7 Å². The first-order valence-electron chi connectivity index (χ1n) is 19.0. The topological polar surface area (TPSA) is 174 Å². The van der Waals surface area contributed by atoms with Crippen LogP contribution in [0.5, 0.6) is 5.88 Å². The van der Waals surface area contributed by atoms with Crippen molar-refractivity contribution in [3.8, 4) is 5.88 Å². The summed E-state index contributed by atoms with van der Waals surface area (Å²) in [7, 11) is -3.87. The number of aryl methyl sites for hydroxylation is 1. The van der Waals surface area contributed by atoms with Gasteiger partial charge in [-0.15, -0.1) is 0 Å². The second-order valence-corrected chi connectivity index (χ2v) is 17.1. The number of hydrogen-bond donors (Lipinski definition) is 2. The summed E-state index contributed by atoms with van der Waals surface area (Å²) < 4.78 is 40.1. The fourth-order valence-electron chi connectivity index (χ4n) is 7.92. The van der Waals surface area contributed by atoms with Gasteiger partial charge in [0.05, 0.1) is 29.2 Å². The molecule has 5 aliphatic rings. The zero-order valence-electron chi connectivity index (χ0n) is 29.8. The monoisotopic (exact) mass is 735 g/mol. The largest absolute Gasteiger partial charge is 0.471 e. The van der Waals surface area contributed by atoms with E-state index >= 15 is 0 Å². The van der Waals surface area contributed by atoms with Crippen LogP contribution in [0.15, 0.2) is 36.4 Å². The molecule has 3 amide bonds. The molecule has 3 saturated carbocycles. The number of sulfonamides is 1. The number of allylic oxidation sites excluding steroid dienone is 1. The molecule has 7 rings (SSSR count).